The van der Waals surface area contributed by atoms with E-state index in [-0.39, 0.29) is 12.3 Å². The molecule has 0 saturated heterocycles. The molecule has 0 aliphatic heterocycles. The third-order valence-electron chi connectivity index (χ3n) is 3.70. The fourth-order valence-corrected chi connectivity index (χ4v) is 2.66. The van der Waals surface area contributed by atoms with Crippen molar-refractivity contribution in [3.05, 3.63) is 65.5 Å². The Labute approximate surface area is 163 Å². The molecule has 0 saturated carbocycles. The van der Waals surface area contributed by atoms with Crippen LogP contribution in [0.15, 0.2) is 59.2 Å². The minimum Gasteiger partial charge on any atom is -0.492 e. The molecule has 3 aromatic rings. The zero-order valence-corrected chi connectivity index (χ0v) is 16.0. The molecule has 1 heterocycles. The van der Waals surface area contributed by atoms with E-state index < -0.39 is 0 Å². The molecule has 0 bridgehead atoms. The number of carbonyl (C=O) groups excluding carboxylic acids is 1. The highest BCUT2D eigenvalue weighted by Crippen LogP contribution is 2.28. The van der Waals surface area contributed by atoms with Crippen molar-refractivity contribution < 1.29 is 13.9 Å². The van der Waals surface area contributed by atoms with Crippen molar-refractivity contribution in [1.82, 2.24) is 4.98 Å². The quantitative estimate of drug-likeness (QED) is 0.607. The number of benzene rings is 2. The number of nitrogens with one attached hydrogen (secondary N) is 1. The molecule has 140 valence electrons. The molecule has 0 atom stereocenters. The van der Waals surface area contributed by atoms with Gasteiger partial charge in [0.1, 0.15) is 12.0 Å². The Morgan fingerprint density at radius 3 is 2.70 bits per heavy atom. The van der Waals surface area contributed by atoms with E-state index in [1.807, 2.05) is 30.3 Å². The molecule has 27 heavy (non-hydrogen) atoms. The van der Waals surface area contributed by atoms with Gasteiger partial charge in [-0.05, 0) is 36.2 Å². The predicted octanol–water partition coefficient (Wildman–Crippen LogP) is 5.21. The van der Waals surface area contributed by atoms with Gasteiger partial charge >= 0.3 is 0 Å². The van der Waals surface area contributed by atoms with Crippen LogP contribution in [0.2, 0.25) is 5.02 Å². The molecule has 5 nitrogen and oxygen atoms in total. The number of anilines is 1. The van der Waals surface area contributed by atoms with Crippen LogP contribution >= 0.6 is 11.6 Å². The van der Waals surface area contributed by atoms with Gasteiger partial charge in [-0.1, -0.05) is 43.6 Å². The summed E-state index contributed by atoms with van der Waals surface area (Å²) in [4.78, 5) is 16.6. The van der Waals surface area contributed by atoms with Crippen molar-refractivity contribution in [1.29, 1.82) is 0 Å². The maximum Gasteiger partial charge on any atom is 0.230 e. The third kappa shape index (κ3) is 5.34. The first kappa shape index (κ1) is 19.0. The minimum absolute atomic E-state index is 0.111. The Morgan fingerprint density at radius 1 is 1.22 bits per heavy atom. The van der Waals surface area contributed by atoms with Gasteiger partial charge in [0.25, 0.3) is 0 Å². The minimum atomic E-state index is -0.199. The fourth-order valence-electron chi connectivity index (χ4n) is 2.42. The molecule has 0 aliphatic carbocycles. The predicted molar refractivity (Wildman–Crippen MR) is 106 cm³/mol. The number of aromatic nitrogens is 1. The molecule has 0 radical (unpaired) electrons. The Hall–Kier alpha value is -2.79. The van der Waals surface area contributed by atoms with Crippen LogP contribution in [0.4, 0.5) is 5.69 Å². The summed E-state index contributed by atoms with van der Waals surface area (Å²) >= 11 is 6.22. The zero-order valence-electron chi connectivity index (χ0n) is 15.2. The first-order valence-electron chi connectivity index (χ1n) is 8.73. The maximum atomic E-state index is 12.3. The molecule has 0 fully saturated rings. The number of oxazole rings is 1. The van der Waals surface area contributed by atoms with Gasteiger partial charge in [0.2, 0.25) is 11.8 Å². The van der Waals surface area contributed by atoms with Gasteiger partial charge in [0, 0.05) is 11.3 Å². The Bertz CT molecular complexity index is 907. The third-order valence-corrected chi connectivity index (χ3v) is 4.00. The average molecular weight is 385 g/mol. The number of rotatable bonds is 7. The van der Waals surface area contributed by atoms with Crippen molar-refractivity contribution in [3.63, 3.8) is 0 Å². The summed E-state index contributed by atoms with van der Waals surface area (Å²) in [5.41, 5.74) is 2.04. The SMILES string of the molecule is CC(C)COc1ccc(NC(=O)Cc2coc(-c3ccccc3)n2)cc1Cl. The molecule has 1 aromatic heterocycles. The van der Waals surface area contributed by atoms with E-state index in [2.05, 4.69) is 24.1 Å². The standard InChI is InChI=1S/C21H21ClN2O3/c1-14(2)12-26-19-9-8-16(10-18(19)22)23-20(25)11-17-13-27-21(24-17)15-6-4-3-5-7-15/h3-10,13-14H,11-12H2,1-2H3,(H,23,25). The lowest BCUT2D eigenvalue weighted by Gasteiger charge is -2.11. The van der Waals surface area contributed by atoms with E-state index in [0.29, 0.717) is 40.6 Å². The average Bonchev–Trinajstić information content (AvgIpc) is 3.10. The largest absolute Gasteiger partial charge is 0.492 e. The van der Waals surface area contributed by atoms with E-state index in [9.17, 15) is 4.79 Å². The lowest BCUT2D eigenvalue weighted by molar-refractivity contribution is -0.115. The molecule has 0 spiro atoms. The van der Waals surface area contributed by atoms with Gasteiger partial charge in [-0.2, -0.15) is 0 Å². The van der Waals surface area contributed by atoms with Gasteiger partial charge in [0.05, 0.1) is 23.7 Å². The summed E-state index contributed by atoms with van der Waals surface area (Å²) in [6.45, 7) is 4.71. The van der Waals surface area contributed by atoms with Crippen molar-refractivity contribution in [2.75, 3.05) is 11.9 Å². The first-order valence-corrected chi connectivity index (χ1v) is 9.11. The topological polar surface area (TPSA) is 64.4 Å². The van der Waals surface area contributed by atoms with Crippen LogP contribution in [0.3, 0.4) is 0 Å². The monoisotopic (exact) mass is 384 g/mol. The maximum absolute atomic E-state index is 12.3. The van der Waals surface area contributed by atoms with Gasteiger partial charge in [0.15, 0.2) is 0 Å². The molecule has 6 heteroatoms. The smallest absolute Gasteiger partial charge is 0.230 e. The summed E-state index contributed by atoms with van der Waals surface area (Å²) in [6, 6.07) is 14.7. The Kier molecular flexibility index (Phi) is 6.14. The normalized spacial score (nSPS) is 10.8. The number of carbonyl (C=O) groups is 1. The summed E-state index contributed by atoms with van der Waals surface area (Å²) < 4.78 is 11.1. The molecule has 3 rings (SSSR count). The molecule has 0 aliphatic rings. The second-order valence-electron chi connectivity index (χ2n) is 6.59. The number of hydrogen-bond acceptors (Lipinski definition) is 4. The van der Waals surface area contributed by atoms with Gasteiger partial charge in [-0.15, -0.1) is 0 Å². The highest BCUT2D eigenvalue weighted by molar-refractivity contribution is 6.32. The van der Waals surface area contributed by atoms with Crippen LogP contribution in [0.1, 0.15) is 19.5 Å². The van der Waals surface area contributed by atoms with Crippen molar-refractivity contribution in [2.24, 2.45) is 5.92 Å². The number of hydrogen-bond donors (Lipinski definition) is 1. The van der Waals surface area contributed by atoms with E-state index in [4.69, 9.17) is 20.8 Å². The highest BCUT2D eigenvalue weighted by Gasteiger charge is 2.12. The fraction of sp³-hybridized carbons (Fsp3) is 0.238. The first-order chi connectivity index (χ1) is 13.0. The van der Waals surface area contributed by atoms with Crippen molar-refractivity contribution >= 4 is 23.2 Å². The second kappa shape index (κ2) is 8.73. The van der Waals surface area contributed by atoms with Crippen LogP contribution in [-0.4, -0.2) is 17.5 Å². The van der Waals surface area contributed by atoms with Crippen molar-refractivity contribution in [2.45, 2.75) is 20.3 Å². The molecular weight excluding hydrogens is 364 g/mol. The summed E-state index contributed by atoms with van der Waals surface area (Å²) in [5, 5.41) is 3.27. The second-order valence-corrected chi connectivity index (χ2v) is 6.99. The zero-order chi connectivity index (χ0) is 19.2. The number of amides is 1. The van der Waals surface area contributed by atoms with Gasteiger partial charge < -0.3 is 14.5 Å². The lowest BCUT2D eigenvalue weighted by Crippen LogP contribution is -2.14. The van der Waals surface area contributed by atoms with E-state index in [1.165, 1.54) is 6.26 Å². The lowest BCUT2D eigenvalue weighted by atomic mass is 10.2. The highest BCUT2D eigenvalue weighted by atomic mass is 35.5. The van der Waals surface area contributed by atoms with Gasteiger partial charge in [-0.25, -0.2) is 4.98 Å². The molecule has 2 aromatic carbocycles. The molecular formula is C21H21ClN2O3. The summed E-state index contributed by atoms with van der Waals surface area (Å²) in [5.74, 6) is 1.30. The van der Waals surface area contributed by atoms with Crippen LogP contribution in [-0.2, 0) is 11.2 Å². The molecule has 1 N–H and O–H groups in total. The van der Waals surface area contributed by atoms with E-state index >= 15 is 0 Å². The molecule has 1 amide bonds. The number of ether oxygens (including phenoxy) is 1. The van der Waals surface area contributed by atoms with Crippen LogP contribution in [0.25, 0.3) is 11.5 Å². The summed E-state index contributed by atoms with van der Waals surface area (Å²) in [6.07, 6.45) is 1.61. The van der Waals surface area contributed by atoms with Crippen LogP contribution in [0, 0.1) is 5.92 Å². The molecule has 0 unspecified atom stereocenters. The van der Waals surface area contributed by atoms with Crippen LogP contribution in [0.5, 0.6) is 5.75 Å². The van der Waals surface area contributed by atoms with Gasteiger partial charge in [-0.3, -0.25) is 4.79 Å². The van der Waals surface area contributed by atoms with E-state index in [1.54, 1.807) is 18.2 Å². The van der Waals surface area contributed by atoms with Crippen molar-refractivity contribution in [3.8, 4) is 17.2 Å². The Morgan fingerprint density at radius 2 is 2.00 bits per heavy atom. The number of nitrogens with zero attached hydrogens (tertiary/aromatic N) is 1. The van der Waals surface area contributed by atoms with E-state index in [0.717, 1.165) is 5.56 Å². The summed E-state index contributed by atoms with van der Waals surface area (Å²) in [7, 11) is 0. The van der Waals surface area contributed by atoms with Crippen LogP contribution < -0.4 is 10.1 Å². The number of halogens is 1. The Balaban J connectivity index is 1.59.